The van der Waals surface area contributed by atoms with Gasteiger partial charge in [-0.2, -0.15) is 0 Å². The molecule has 100 valence electrons. The zero-order chi connectivity index (χ0) is 13.7. The lowest BCUT2D eigenvalue weighted by molar-refractivity contribution is 0.340. The van der Waals surface area contributed by atoms with E-state index in [0.29, 0.717) is 13.2 Å². The second-order valence-corrected chi connectivity index (χ2v) is 4.76. The zero-order valence-electron chi connectivity index (χ0n) is 11.2. The van der Waals surface area contributed by atoms with E-state index in [4.69, 9.17) is 16.3 Å². The topological polar surface area (TPSA) is 21.3 Å². The molecule has 2 aromatic carbocycles. The highest BCUT2D eigenvalue weighted by atomic mass is 35.5. The van der Waals surface area contributed by atoms with Crippen molar-refractivity contribution in [2.45, 2.75) is 20.4 Å². The first kappa shape index (κ1) is 13.8. The van der Waals surface area contributed by atoms with E-state index < -0.39 is 0 Å². The van der Waals surface area contributed by atoms with Gasteiger partial charge in [-0.05, 0) is 49.2 Å². The molecule has 2 nitrogen and oxygen atoms in total. The minimum absolute atomic E-state index is 0.686. The molecule has 0 fully saturated rings. The fourth-order valence-electron chi connectivity index (χ4n) is 1.92. The summed E-state index contributed by atoms with van der Waals surface area (Å²) in [6.07, 6.45) is 0. The number of halogens is 1. The fraction of sp³-hybridized carbons (Fsp3) is 0.250. The summed E-state index contributed by atoms with van der Waals surface area (Å²) in [6, 6.07) is 13.9. The molecule has 0 amide bonds. The molecule has 1 N–H and O–H groups in total. The number of nitrogens with one attached hydrogen (secondary N) is 1. The third-order valence-electron chi connectivity index (χ3n) is 2.94. The lowest BCUT2D eigenvalue weighted by atomic mass is 10.1. The lowest BCUT2D eigenvalue weighted by Gasteiger charge is -2.12. The van der Waals surface area contributed by atoms with Gasteiger partial charge >= 0.3 is 0 Å². The quantitative estimate of drug-likeness (QED) is 0.857. The summed E-state index contributed by atoms with van der Waals surface area (Å²) >= 11 is 6.14. The van der Waals surface area contributed by atoms with Crippen LogP contribution < -0.4 is 10.1 Å². The average molecular weight is 276 g/mol. The molecule has 0 spiro atoms. The minimum atomic E-state index is 0.686. The molecule has 0 bridgehead atoms. The monoisotopic (exact) mass is 275 g/mol. The summed E-state index contributed by atoms with van der Waals surface area (Å²) in [5.41, 5.74) is 3.36. The Morgan fingerprint density at radius 2 is 1.95 bits per heavy atom. The first-order chi connectivity index (χ1) is 9.20. The van der Waals surface area contributed by atoms with E-state index in [2.05, 4.69) is 12.2 Å². The number of rotatable bonds is 5. The SMILES string of the molecule is CCOc1ccc(NCc2ccccc2Cl)c(C)c1. The molecule has 3 heteroatoms. The molecule has 0 unspecified atom stereocenters. The second kappa shape index (κ2) is 6.48. The van der Waals surface area contributed by atoms with Gasteiger partial charge in [0, 0.05) is 17.3 Å². The largest absolute Gasteiger partial charge is 0.494 e. The Labute approximate surface area is 119 Å². The van der Waals surface area contributed by atoms with Crippen LogP contribution >= 0.6 is 11.6 Å². The lowest BCUT2D eigenvalue weighted by Crippen LogP contribution is -2.02. The molecular formula is C16H18ClNO. The van der Waals surface area contributed by atoms with Crippen LogP contribution in [-0.2, 0) is 6.54 Å². The smallest absolute Gasteiger partial charge is 0.119 e. The standard InChI is InChI=1S/C16H18ClNO/c1-3-19-14-8-9-16(12(2)10-14)18-11-13-6-4-5-7-15(13)17/h4-10,18H,3,11H2,1-2H3. The Hall–Kier alpha value is -1.67. The summed E-state index contributed by atoms with van der Waals surface area (Å²) in [5.74, 6) is 0.906. The highest BCUT2D eigenvalue weighted by Crippen LogP contribution is 2.23. The van der Waals surface area contributed by atoms with Crippen molar-refractivity contribution in [3.05, 3.63) is 58.6 Å². The summed E-state index contributed by atoms with van der Waals surface area (Å²) in [4.78, 5) is 0. The molecule has 19 heavy (non-hydrogen) atoms. The highest BCUT2D eigenvalue weighted by Gasteiger charge is 2.02. The van der Waals surface area contributed by atoms with Crippen molar-refractivity contribution in [1.82, 2.24) is 0 Å². The Morgan fingerprint density at radius 3 is 2.63 bits per heavy atom. The summed E-state index contributed by atoms with van der Waals surface area (Å²) < 4.78 is 5.47. The zero-order valence-corrected chi connectivity index (χ0v) is 12.0. The number of aryl methyl sites for hydroxylation is 1. The van der Waals surface area contributed by atoms with E-state index in [0.717, 1.165) is 27.6 Å². The molecule has 0 aromatic heterocycles. The first-order valence-electron chi connectivity index (χ1n) is 6.41. The molecule has 0 aliphatic carbocycles. The van der Waals surface area contributed by atoms with Crippen molar-refractivity contribution >= 4 is 17.3 Å². The predicted octanol–water partition coefficient (Wildman–Crippen LogP) is 4.66. The van der Waals surface area contributed by atoms with Crippen molar-refractivity contribution in [1.29, 1.82) is 0 Å². The van der Waals surface area contributed by atoms with Gasteiger partial charge in [-0.3, -0.25) is 0 Å². The summed E-state index contributed by atoms with van der Waals surface area (Å²) in [7, 11) is 0. The Bertz CT molecular complexity index is 554. The number of hydrogen-bond donors (Lipinski definition) is 1. The highest BCUT2D eigenvalue weighted by molar-refractivity contribution is 6.31. The van der Waals surface area contributed by atoms with Gasteiger partial charge in [-0.1, -0.05) is 29.8 Å². The maximum Gasteiger partial charge on any atom is 0.119 e. The van der Waals surface area contributed by atoms with E-state index in [9.17, 15) is 0 Å². The molecule has 0 aliphatic rings. The van der Waals surface area contributed by atoms with Gasteiger partial charge in [0.15, 0.2) is 0 Å². The van der Waals surface area contributed by atoms with E-state index in [-0.39, 0.29) is 0 Å². The maximum atomic E-state index is 6.14. The van der Waals surface area contributed by atoms with Gasteiger partial charge in [0.2, 0.25) is 0 Å². The van der Waals surface area contributed by atoms with Crippen molar-refractivity contribution in [3.8, 4) is 5.75 Å². The normalized spacial score (nSPS) is 10.3. The van der Waals surface area contributed by atoms with Crippen LogP contribution in [0.3, 0.4) is 0 Å². The number of hydrogen-bond acceptors (Lipinski definition) is 2. The van der Waals surface area contributed by atoms with Crippen LogP contribution in [0.2, 0.25) is 5.02 Å². The third kappa shape index (κ3) is 3.65. The van der Waals surface area contributed by atoms with Gasteiger partial charge < -0.3 is 10.1 Å². The number of benzene rings is 2. The molecule has 2 rings (SSSR count). The molecule has 0 aliphatic heterocycles. The van der Waals surface area contributed by atoms with Crippen molar-refractivity contribution < 1.29 is 4.74 Å². The average Bonchev–Trinajstić information content (AvgIpc) is 2.40. The first-order valence-corrected chi connectivity index (χ1v) is 6.79. The molecule has 0 heterocycles. The Kier molecular flexibility index (Phi) is 4.69. The van der Waals surface area contributed by atoms with Crippen molar-refractivity contribution in [2.75, 3.05) is 11.9 Å². The fourth-order valence-corrected chi connectivity index (χ4v) is 2.13. The molecule has 0 atom stereocenters. The van der Waals surface area contributed by atoms with Gasteiger partial charge in [-0.15, -0.1) is 0 Å². The predicted molar refractivity (Wildman–Crippen MR) is 81.1 cm³/mol. The van der Waals surface area contributed by atoms with Crippen LogP contribution in [0, 0.1) is 6.92 Å². The van der Waals surface area contributed by atoms with Crippen molar-refractivity contribution in [3.63, 3.8) is 0 Å². The molecule has 2 aromatic rings. The van der Waals surface area contributed by atoms with Crippen LogP contribution in [-0.4, -0.2) is 6.61 Å². The molecule has 0 saturated carbocycles. The Balaban J connectivity index is 2.06. The molecule has 0 saturated heterocycles. The van der Waals surface area contributed by atoms with Crippen molar-refractivity contribution in [2.24, 2.45) is 0 Å². The van der Waals surface area contributed by atoms with Crippen LogP contribution in [0.25, 0.3) is 0 Å². The Morgan fingerprint density at radius 1 is 1.16 bits per heavy atom. The summed E-state index contributed by atoms with van der Waals surface area (Å²) in [5, 5.41) is 4.19. The number of ether oxygens (including phenoxy) is 1. The van der Waals surface area contributed by atoms with Crippen LogP contribution in [0.5, 0.6) is 5.75 Å². The van der Waals surface area contributed by atoms with Crippen LogP contribution in [0.1, 0.15) is 18.1 Å². The van der Waals surface area contributed by atoms with Gasteiger partial charge in [-0.25, -0.2) is 0 Å². The number of anilines is 1. The van der Waals surface area contributed by atoms with Crippen LogP contribution in [0.15, 0.2) is 42.5 Å². The van der Waals surface area contributed by atoms with Gasteiger partial charge in [0.1, 0.15) is 5.75 Å². The minimum Gasteiger partial charge on any atom is -0.494 e. The third-order valence-corrected chi connectivity index (χ3v) is 3.30. The maximum absolute atomic E-state index is 6.14. The van der Waals surface area contributed by atoms with E-state index >= 15 is 0 Å². The summed E-state index contributed by atoms with van der Waals surface area (Å²) in [6.45, 7) is 5.46. The van der Waals surface area contributed by atoms with Crippen LogP contribution in [0.4, 0.5) is 5.69 Å². The van der Waals surface area contributed by atoms with E-state index in [1.807, 2.05) is 49.4 Å². The molecular weight excluding hydrogens is 258 g/mol. The van der Waals surface area contributed by atoms with Gasteiger partial charge in [0.25, 0.3) is 0 Å². The second-order valence-electron chi connectivity index (χ2n) is 4.35. The van der Waals surface area contributed by atoms with E-state index in [1.165, 1.54) is 0 Å². The molecule has 0 radical (unpaired) electrons. The van der Waals surface area contributed by atoms with E-state index in [1.54, 1.807) is 0 Å². The van der Waals surface area contributed by atoms with Gasteiger partial charge in [0.05, 0.1) is 6.61 Å².